The van der Waals surface area contributed by atoms with E-state index in [2.05, 4.69) is 15.6 Å². The highest BCUT2D eigenvalue weighted by Crippen LogP contribution is 2.48. The van der Waals surface area contributed by atoms with Gasteiger partial charge in [-0.05, 0) is 42.2 Å². The van der Waals surface area contributed by atoms with Gasteiger partial charge >= 0.3 is 6.18 Å². The van der Waals surface area contributed by atoms with Gasteiger partial charge in [0.05, 0.1) is 11.3 Å². The molecule has 0 aliphatic heterocycles. The van der Waals surface area contributed by atoms with Gasteiger partial charge in [0.1, 0.15) is 0 Å². The predicted molar refractivity (Wildman–Crippen MR) is 113 cm³/mol. The van der Waals surface area contributed by atoms with Crippen molar-refractivity contribution in [1.82, 2.24) is 4.98 Å². The van der Waals surface area contributed by atoms with Gasteiger partial charge in [-0.2, -0.15) is 13.2 Å². The van der Waals surface area contributed by atoms with Crippen molar-refractivity contribution in [2.75, 3.05) is 10.6 Å². The van der Waals surface area contributed by atoms with Crippen LogP contribution in [0.15, 0.2) is 53.9 Å². The number of nitrogens with one attached hydrogen (secondary N) is 2. The monoisotopic (exact) mass is 445 g/mol. The van der Waals surface area contributed by atoms with Crippen LogP contribution in [-0.2, 0) is 15.8 Å². The first-order valence-corrected chi connectivity index (χ1v) is 10.4. The number of hydrogen-bond donors (Lipinski definition) is 2. The number of carbonyl (C=O) groups is 2. The molecule has 9 heteroatoms. The molecule has 0 bridgehead atoms. The summed E-state index contributed by atoms with van der Waals surface area (Å²) in [6.45, 7) is 1.44. The third-order valence-electron chi connectivity index (χ3n) is 5.03. The smallest absolute Gasteiger partial charge is 0.326 e. The molecule has 0 radical (unpaired) electrons. The van der Waals surface area contributed by atoms with E-state index in [0.29, 0.717) is 22.9 Å². The number of hydrogen-bond acceptors (Lipinski definition) is 4. The highest BCUT2D eigenvalue weighted by Gasteiger charge is 2.44. The summed E-state index contributed by atoms with van der Waals surface area (Å²) < 4.78 is 38.1. The zero-order chi connectivity index (χ0) is 22.2. The summed E-state index contributed by atoms with van der Waals surface area (Å²) in [4.78, 5) is 28.0. The Labute approximate surface area is 180 Å². The number of rotatable bonds is 5. The maximum absolute atomic E-state index is 12.7. The molecule has 2 aromatic carbocycles. The lowest BCUT2D eigenvalue weighted by Gasteiger charge is -2.07. The molecule has 1 saturated carbocycles. The van der Waals surface area contributed by atoms with Crippen LogP contribution < -0.4 is 10.6 Å². The minimum absolute atomic E-state index is 0.0805. The average molecular weight is 445 g/mol. The molecule has 4 rings (SSSR count). The summed E-state index contributed by atoms with van der Waals surface area (Å²) in [6.07, 6.45) is -3.77. The van der Waals surface area contributed by atoms with Crippen molar-refractivity contribution in [2.45, 2.75) is 25.4 Å². The number of halogens is 3. The first-order valence-electron chi connectivity index (χ1n) is 9.52. The average Bonchev–Trinajstić information content (AvgIpc) is 3.40. The molecule has 2 N–H and O–H groups in total. The Morgan fingerprint density at radius 3 is 2.32 bits per heavy atom. The SMILES string of the molecule is CC(=O)Nc1ccc(-c2csc(NC(=O)C3CC3c3ccc(C(F)(F)F)cc3)n2)cc1. The van der Waals surface area contributed by atoms with Crippen LogP contribution in [0.25, 0.3) is 11.3 Å². The Bertz CT molecular complexity index is 1110. The number of anilines is 2. The largest absolute Gasteiger partial charge is 0.416 e. The Morgan fingerprint density at radius 2 is 1.71 bits per heavy atom. The van der Waals surface area contributed by atoms with Crippen LogP contribution in [-0.4, -0.2) is 16.8 Å². The standard InChI is InChI=1S/C22H18F3N3O2S/c1-12(29)26-16-8-4-14(5-9-16)19-11-31-21(27-19)28-20(30)18-10-17(18)13-2-6-15(7-3-13)22(23,24)25/h2-9,11,17-18H,10H2,1H3,(H,26,29)(H,27,28,30). The molecule has 1 aliphatic carbocycles. The third-order valence-corrected chi connectivity index (χ3v) is 5.79. The number of aromatic nitrogens is 1. The zero-order valence-corrected chi connectivity index (χ0v) is 17.2. The van der Waals surface area contributed by atoms with Gasteiger partial charge in [-0.25, -0.2) is 4.98 Å². The van der Waals surface area contributed by atoms with E-state index < -0.39 is 11.7 Å². The fourth-order valence-electron chi connectivity index (χ4n) is 3.36. The molecular weight excluding hydrogens is 427 g/mol. The summed E-state index contributed by atoms with van der Waals surface area (Å²) in [6, 6.07) is 12.2. The maximum atomic E-state index is 12.7. The van der Waals surface area contributed by atoms with Gasteiger partial charge in [-0.3, -0.25) is 9.59 Å². The molecule has 1 aromatic heterocycles. The highest BCUT2D eigenvalue weighted by molar-refractivity contribution is 7.14. The summed E-state index contributed by atoms with van der Waals surface area (Å²) in [5, 5.41) is 7.78. The molecule has 2 amide bonds. The van der Waals surface area contributed by atoms with Crippen molar-refractivity contribution in [2.24, 2.45) is 5.92 Å². The van der Waals surface area contributed by atoms with Gasteiger partial charge in [0.25, 0.3) is 0 Å². The second-order valence-corrected chi connectivity index (χ2v) is 8.21. The van der Waals surface area contributed by atoms with Crippen LogP contribution in [0.2, 0.25) is 0 Å². The molecule has 0 saturated heterocycles. The van der Waals surface area contributed by atoms with Crippen LogP contribution in [0.1, 0.15) is 30.4 Å². The minimum Gasteiger partial charge on any atom is -0.326 e. The van der Waals surface area contributed by atoms with Crippen molar-refractivity contribution in [1.29, 1.82) is 0 Å². The first-order chi connectivity index (χ1) is 14.7. The van der Waals surface area contributed by atoms with E-state index in [0.717, 1.165) is 23.3 Å². The van der Waals surface area contributed by atoms with E-state index in [1.165, 1.54) is 30.4 Å². The lowest BCUT2D eigenvalue weighted by molar-refractivity contribution is -0.137. The number of benzene rings is 2. The van der Waals surface area contributed by atoms with E-state index >= 15 is 0 Å². The second-order valence-electron chi connectivity index (χ2n) is 7.35. The summed E-state index contributed by atoms with van der Waals surface area (Å²) in [5.41, 5.74) is 2.26. The normalized spacial score (nSPS) is 17.8. The van der Waals surface area contributed by atoms with Gasteiger partial charge in [0, 0.05) is 29.5 Å². The van der Waals surface area contributed by atoms with Crippen LogP contribution in [0.3, 0.4) is 0 Å². The topological polar surface area (TPSA) is 71.1 Å². The van der Waals surface area contributed by atoms with Crippen LogP contribution in [0.4, 0.5) is 24.0 Å². The molecule has 2 unspecified atom stereocenters. The molecule has 31 heavy (non-hydrogen) atoms. The van der Waals surface area contributed by atoms with Crippen molar-refractivity contribution >= 4 is 34.0 Å². The van der Waals surface area contributed by atoms with Gasteiger partial charge in [-0.15, -0.1) is 11.3 Å². The predicted octanol–water partition coefficient (Wildman–Crippen LogP) is 5.53. The summed E-state index contributed by atoms with van der Waals surface area (Å²) >= 11 is 1.30. The Kier molecular flexibility index (Phi) is 5.53. The van der Waals surface area contributed by atoms with E-state index in [9.17, 15) is 22.8 Å². The molecule has 5 nitrogen and oxygen atoms in total. The van der Waals surface area contributed by atoms with Crippen molar-refractivity contribution < 1.29 is 22.8 Å². The lowest BCUT2D eigenvalue weighted by atomic mass is 10.1. The fraction of sp³-hybridized carbons (Fsp3) is 0.227. The summed E-state index contributed by atoms with van der Waals surface area (Å²) in [5.74, 6) is -0.697. The van der Waals surface area contributed by atoms with Crippen molar-refractivity contribution in [3.63, 3.8) is 0 Å². The van der Waals surface area contributed by atoms with Crippen LogP contribution in [0, 0.1) is 5.92 Å². The van der Waals surface area contributed by atoms with Gasteiger partial charge in [0.15, 0.2) is 5.13 Å². The van der Waals surface area contributed by atoms with Crippen molar-refractivity contribution in [3.05, 3.63) is 65.0 Å². The molecular formula is C22H18F3N3O2S. The number of alkyl halides is 3. The second kappa shape index (κ2) is 8.14. The number of carbonyl (C=O) groups excluding carboxylic acids is 2. The molecule has 160 valence electrons. The van der Waals surface area contributed by atoms with Crippen LogP contribution >= 0.6 is 11.3 Å². The van der Waals surface area contributed by atoms with E-state index in [1.807, 2.05) is 17.5 Å². The van der Waals surface area contributed by atoms with Gasteiger partial charge in [0.2, 0.25) is 11.8 Å². The van der Waals surface area contributed by atoms with Gasteiger partial charge in [-0.1, -0.05) is 24.3 Å². The third kappa shape index (κ3) is 4.93. The van der Waals surface area contributed by atoms with E-state index in [1.54, 1.807) is 12.1 Å². The molecule has 2 atom stereocenters. The first kappa shape index (κ1) is 21.0. The molecule has 3 aromatic rings. The summed E-state index contributed by atoms with van der Waals surface area (Å²) in [7, 11) is 0. The quantitative estimate of drug-likeness (QED) is 0.543. The Hall–Kier alpha value is -3.20. The van der Waals surface area contributed by atoms with Crippen LogP contribution in [0.5, 0.6) is 0 Å². The minimum atomic E-state index is -4.37. The molecule has 0 spiro atoms. The maximum Gasteiger partial charge on any atom is 0.416 e. The Morgan fingerprint density at radius 1 is 1.03 bits per heavy atom. The Balaban J connectivity index is 1.36. The van der Waals surface area contributed by atoms with E-state index in [-0.39, 0.29) is 23.7 Å². The molecule has 1 fully saturated rings. The lowest BCUT2D eigenvalue weighted by Crippen LogP contribution is -2.14. The van der Waals surface area contributed by atoms with Crippen molar-refractivity contribution in [3.8, 4) is 11.3 Å². The highest BCUT2D eigenvalue weighted by atomic mass is 32.1. The number of thiazole rings is 1. The number of nitrogens with zero attached hydrogens (tertiary/aromatic N) is 1. The molecule has 1 heterocycles. The number of amides is 2. The molecule has 1 aliphatic rings. The van der Waals surface area contributed by atoms with E-state index in [4.69, 9.17) is 0 Å². The zero-order valence-electron chi connectivity index (χ0n) is 16.4. The van der Waals surface area contributed by atoms with Gasteiger partial charge < -0.3 is 10.6 Å². The fourth-order valence-corrected chi connectivity index (χ4v) is 4.08.